The Balaban J connectivity index is 2.01. The molecular weight excluding hydrogens is 268 g/mol. The van der Waals surface area contributed by atoms with Gasteiger partial charge in [-0.25, -0.2) is 0 Å². The van der Waals surface area contributed by atoms with Crippen LogP contribution in [0.15, 0.2) is 42.9 Å². The number of ether oxygens (including phenoxy) is 2. The molecule has 3 aromatic rings. The minimum absolute atomic E-state index is 0.268. The number of rotatable bonds is 4. The zero-order valence-corrected chi connectivity index (χ0v) is 11.5. The van der Waals surface area contributed by atoms with Gasteiger partial charge >= 0.3 is 0 Å². The van der Waals surface area contributed by atoms with Gasteiger partial charge in [0.05, 0.1) is 12.1 Å². The number of benzene rings is 1. The molecule has 2 N–H and O–H groups in total. The summed E-state index contributed by atoms with van der Waals surface area (Å²) in [6.45, 7) is 2.33. The van der Waals surface area contributed by atoms with Crippen LogP contribution in [-0.4, -0.2) is 21.6 Å². The van der Waals surface area contributed by atoms with Crippen molar-refractivity contribution in [2.75, 3.05) is 12.3 Å². The summed E-state index contributed by atoms with van der Waals surface area (Å²) in [5.41, 5.74) is 7.09. The van der Waals surface area contributed by atoms with Gasteiger partial charge in [-0.15, -0.1) is 0 Å². The van der Waals surface area contributed by atoms with Crippen molar-refractivity contribution < 1.29 is 9.47 Å². The monoisotopic (exact) mass is 282 g/mol. The van der Waals surface area contributed by atoms with Crippen LogP contribution in [0.25, 0.3) is 10.9 Å². The van der Waals surface area contributed by atoms with Gasteiger partial charge in [0.15, 0.2) is 5.69 Å². The molecule has 106 valence electrons. The Labute approximate surface area is 121 Å². The Morgan fingerprint density at radius 2 is 1.90 bits per heavy atom. The lowest BCUT2D eigenvalue weighted by molar-refractivity contribution is 0.325. The molecule has 0 unspecified atom stereocenters. The number of nitrogens with two attached hydrogens (primary N) is 1. The van der Waals surface area contributed by atoms with Gasteiger partial charge < -0.3 is 15.2 Å². The molecule has 0 amide bonds. The Hall–Kier alpha value is -2.89. The minimum Gasteiger partial charge on any atom is -0.476 e. The molecule has 0 atom stereocenters. The summed E-state index contributed by atoms with van der Waals surface area (Å²) >= 11 is 0. The van der Waals surface area contributed by atoms with E-state index in [1.807, 2.05) is 37.3 Å². The molecule has 6 heteroatoms. The largest absolute Gasteiger partial charge is 0.476 e. The Morgan fingerprint density at radius 1 is 1.05 bits per heavy atom. The van der Waals surface area contributed by atoms with Crippen molar-refractivity contribution in [1.29, 1.82) is 0 Å². The molecule has 0 saturated carbocycles. The Bertz CT molecular complexity index is 771. The molecular formula is C15H14N4O2. The average molecular weight is 282 g/mol. The summed E-state index contributed by atoms with van der Waals surface area (Å²) in [4.78, 5) is 12.3. The Kier molecular flexibility index (Phi) is 3.51. The lowest BCUT2D eigenvalue weighted by atomic mass is 10.2. The highest BCUT2D eigenvalue weighted by molar-refractivity contribution is 5.85. The number of hydrogen-bond acceptors (Lipinski definition) is 6. The van der Waals surface area contributed by atoms with Crippen molar-refractivity contribution >= 4 is 16.6 Å². The summed E-state index contributed by atoms with van der Waals surface area (Å²) < 4.78 is 11.1. The van der Waals surface area contributed by atoms with Crippen LogP contribution in [0.3, 0.4) is 0 Å². The Morgan fingerprint density at radius 3 is 2.76 bits per heavy atom. The predicted octanol–water partition coefficient (Wildman–Crippen LogP) is 2.80. The van der Waals surface area contributed by atoms with Crippen molar-refractivity contribution in [3.63, 3.8) is 0 Å². The molecule has 2 heterocycles. The van der Waals surface area contributed by atoms with E-state index >= 15 is 0 Å². The van der Waals surface area contributed by atoms with E-state index in [1.165, 1.54) is 6.33 Å². The van der Waals surface area contributed by atoms with Crippen molar-refractivity contribution in [1.82, 2.24) is 15.0 Å². The molecule has 1 aromatic carbocycles. The fourth-order valence-electron chi connectivity index (χ4n) is 1.97. The van der Waals surface area contributed by atoms with Gasteiger partial charge in [-0.2, -0.15) is 9.97 Å². The lowest BCUT2D eigenvalue weighted by Gasteiger charge is -2.11. The second-order valence-electron chi connectivity index (χ2n) is 4.26. The van der Waals surface area contributed by atoms with Crippen LogP contribution in [0.1, 0.15) is 6.92 Å². The van der Waals surface area contributed by atoms with Gasteiger partial charge in [0, 0.05) is 11.6 Å². The van der Waals surface area contributed by atoms with Crippen LogP contribution in [0.2, 0.25) is 0 Å². The zero-order chi connectivity index (χ0) is 14.7. The molecule has 21 heavy (non-hydrogen) atoms. The first-order valence-electron chi connectivity index (χ1n) is 6.54. The number of pyridine rings is 1. The van der Waals surface area contributed by atoms with Crippen LogP contribution in [0.4, 0.5) is 5.69 Å². The van der Waals surface area contributed by atoms with E-state index in [-0.39, 0.29) is 11.6 Å². The third kappa shape index (κ3) is 2.55. The summed E-state index contributed by atoms with van der Waals surface area (Å²) in [5, 5.41) is 0.885. The molecule has 0 radical (unpaired) electrons. The molecule has 0 aliphatic heterocycles. The first-order valence-corrected chi connectivity index (χ1v) is 6.54. The highest BCUT2D eigenvalue weighted by atomic mass is 16.5. The fourth-order valence-corrected chi connectivity index (χ4v) is 1.97. The number of anilines is 1. The standard InChI is InChI=1S/C15H14N4O2/c1-2-20-14-13(16)15(19-9-18-14)21-12-7-3-6-11-10(12)5-4-8-17-11/h3-9H,2,16H2,1H3. The normalized spacial score (nSPS) is 10.5. The van der Waals surface area contributed by atoms with E-state index in [2.05, 4.69) is 15.0 Å². The quantitative estimate of drug-likeness (QED) is 0.792. The topological polar surface area (TPSA) is 83.2 Å². The molecule has 0 aliphatic carbocycles. The van der Waals surface area contributed by atoms with E-state index in [0.717, 1.165) is 10.9 Å². The second-order valence-corrected chi connectivity index (χ2v) is 4.26. The van der Waals surface area contributed by atoms with Gasteiger partial charge in [-0.05, 0) is 31.2 Å². The highest BCUT2D eigenvalue weighted by Crippen LogP contribution is 2.33. The molecule has 0 fully saturated rings. The molecule has 3 rings (SSSR count). The van der Waals surface area contributed by atoms with E-state index in [9.17, 15) is 0 Å². The summed E-state index contributed by atoms with van der Waals surface area (Å²) in [6.07, 6.45) is 3.10. The first-order chi connectivity index (χ1) is 10.3. The molecule has 0 bridgehead atoms. The van der Waals surface area contributed by atoms with Crippen LogP contribution >= 0.6 is 0 Å². The SMILES string of the molecule is CCOc1ncnc(Oc2cccc3ncccc23)c1N. The molecule has 0 saturated heterocycles. The molecule has 2 aromatic heterocycles. The maximum Gasteiger partial charge on any atom is 0.249 e. The summed E-state index contributed by atoms with van der Waals surface area (Å²) in [5.74, 6) is 1.22. The van der Waals surface area contributed by atoms with E-state index < -0.39 is 0 Å². The number of aromatic nitrogens is 3. The third-order valence-electron chi connectivity index (χ3n) is 2.90. The van der Waals surface area contributed by atoms with Crippen LogP contribution in [0.5, 0.6) is 17.5 Å². The number of nitrogens with zero attached hydrogens (tertiary/aromatic N) is 3. The maximum absolute atomic E-state index is 5.97. The molecule has 0 spiro atoms. The second kappa shape index (κ2) is 5.62. The highest BCUT2D eigenvalue weighted by Gasteiger charge is 2.12. The van der Waals surface area contributed by atoms with Gasteiger partial charge in [0.1, 0.15) is 12.1 Å². The van der Waals surface area contributed by atoms with Crippen LogP contribution < -0.4 is 15.2 Å². The van der Waals surface area contributed by atoms with Gasteiger partial charge in [-0.1, -0.05) is 6.07 Å². The van der Waals surface area contributed by atoms with Gasteiger partial charge in [-0.3, -0.25) is 4.98 Å². The van der Waals surface area contributed by atoms with E-state index in [1.54, 1.807) is 6.20 Å². The lowest BCUT2D eigenvalue weighted by Crippen LogP contribution is -2.03. The van der Waals surface area contributed by atoms with Crippen molar-refractivity contribution in [2.45, 2.75) is 6.92 Å². The number of nitrogen functional groups attached to an aromatic ring is 1. The predicted molar refractivity (Wildman–Crippen MR) is 79.4 cm³/mol. The van der Waals surface area contributed by atoms with Crippen molar-refractivity contribution in [3.05, 3.63) is 42.9 Å². The van der Waals surface area contributed by atoms with Crippen molar-refractivity contribution in [2.24, 2.45) is 0 Å². The molecule has 6 nitrogen and oxygen atoms in total. The van der Waals surface area contributed by atoms with Gasteiger partial charge in [0.25, 0.3) is 0 Å². The third-order valence-corrected chi connectivity index (χ3v) is 2.90. The minimum atomic E-state index is 0.268. The van der Waals surface area contributed by atoms with Gasteiger partial charge in [0.2, 0.25) is 11.8 Å². The number of hydrogen-bond donors (Lipinski definition) is 1. The fraction of sp³-hybridized carbons (Fsp3) is 0.133. The van der Waals surface area contributed by atoms with Crippen LogP contribution in [0, 0.1) is 0 Å². The maximum atomic E-state index is 5.97. The van der Waals surface area contributed by atoms with E-state index in [0.29, 0.717) is 18.2 Å². The average Bonchev–Trinajstić information content (AvgIpc) is 2.52. The zero-order valence-electron chi connectivity index (χ0n) is 11.5. The summed E-state index contributed by atoms with van der Waals surface area (Å²) in [6, 6.07) is 9.40. The first kappa shape index (κ1) is 13.1. The van der Waals surface area contributed by atoms with Crippen molar-refractivity contribution in [3.8, 4) is 17.5 Å². The number of fused-ring (bicyclic) bond motifs is 1. The smallest absolute Gasteiger partial charge is 0.249 e. The molecule has 0 aliphatic rings. The van der Waals surface area contributed by atoms with Crippen LogP contribution in [-0.2, 0) is 0 Å². The summed E-state index contributed by atoms with van der Waals surface area (Å²) in [7, 11) is 0. The van der Waals surface area contributed by atoms with E-state index in [4.69, 9.17) is 15.2 Å².